The van der Waals surface area contributed by atoms with Crippen LogP contribution in [0, 0.1) is 3.57 Å². The molecule has 0 unspecified atom stereocenters. The number of ketones is 1. The molecule has 0 atom stereocenters. The summed E-state index contributed by atoms with van der Waals surface area (Å²) < 4.78 is 0.966. The molecular formula is C12H9IN2O. The van der Waals surface area contributed by atoms with Crippen molar-refractivity contribution >= 4 is 28.4 Å². The van der Waals surface area contributed by atoms with Crippen molar-refractivity contribution in [2.24, 2.45) is 0 Å². The Morgan fingerprint density at radius 1 is 1.12 bits per heavy atom. The number of aromatic nitrogens is 2. The third-order valence-corrected chi connectivity index (χ3v) is 2.65. The second-order valence-corrected chi connectivity index (χ2v) is 4.53. The molecule has 0 radical (unpaired) electrons. The van der Waals surface area contributed by atoms with Gasteiger partial charge in [-0.05, 0) is 22.6 Å². The monoisotopic (exact) mass is 324 g/mol. The minimum atomic E-state index is 0.0433. The molecule has 0 saturated carbocycles. The molecule has 80 valence electrons. The predicted molar refractivity (Wildman–Crippen MR) is 69.2 cm³/mol. The van der Waals surface area contributed by atoms with Crippen LogP contribution in [-0.4, -0.2) is 15.8 Å². The highest BCUT2D eigenvalue weighted by Crippen LogP contribution is 2.05. The second-order valence-electron chi connectivity index (χ2n) is 3.28. The zero-order chi connectivity index (χ0) is 11.4. The molecule has 0 amide bonds. The van der Waals surface area contributed by atoms with E-state index in [-0.39, 0.29) is 12.2 Å². The van der Waals surface area contributed by atoms with Crippen molar-refractivity contribution in [1.82, 2.24) is 9.97 Å². The number of benzene rings is 1. The van der Waals surface area contributed by atoms with Crippen LogP contribution in [0.3, 0.4) is 0 Å². The molecule has 0 fully saturated rings. The van der Waals surface area contributed by atoms with E-state index in [0.717, 1.165) is 3.57 Å². The molecule has 1 aromatic heterocycles. The summed E-state index contributed by atoms with van der Waals surface area (Å²) in [5.41, 5.74) is 0.699. The summed E-state index contributed by atoms with van der Waals surface area (Å²) in [7, 11) is 0. The molecular weight excluding hydrogens is 315 g/mol. The van der Waals surface area contributed by atoms with Crippen molar-refractivity contribution in [1.29, 1.82) is 0 Å². The smallest absolute Gasteiger partial charge is 0.170 e. The van der Waals surface area contributed by atoms with Crippen LogP contribution >= 0.6 is 22.6 Å². The van der Waals surface area contributed by atoms with E-state index in [1.165, 1.54) is 0 Å². The molecule has 0 N–H and O–H groups in total. The zero-order valence-corrected chi connectivity index (χ0v) is 10.6. The van der Waals surface area contributed by atoms with Crippen LogP contribution in [0.15, 0.2) is 42.7 Å². The van der Waals surface area contributed by atoms with Gasteiger partial charge >= 0.3 is 0 Å². The quantitative estimate of drug-likeness (QED) is 0.644. The molecule has 0 bridgehead atoms. The average molecular weight is 324 g/mol. The van der Waals surface area contributed by atoms with Gasteiger partial charge in [0.1, 0.15) is 5.82 Å². The number of carbonyl (C=O) groups is 1. The molecule has 1 heterocycles. The van der Waals surface area contributed by atoms with Gasteiger partial charge in [-0.1, -0.05) is 30.3 Å². The Morgan fingerprint density at radius 2 is 1.75 bits per heavy atom. The van der Waals surface area contributed by atoms with Crippen molar-refractivity contribution in [2.45, 2.75) is 6.42 Å². The van der Waals surface area contributed by atoms with E-state index in [1.54, 1.807) is 24.5 Å². The summed E-state index contributed by atoms with van der Waals surface area (Å²) in [6.07, 6.45) is 3.67. The minimum Gasteiger partial charge on any atom is -0.294 e. The highest BCUT2D eigenvalue weighted by atomic mass is 127. The lowest BCUT2D eigenvalue weighted by molar-refractivity contribution is 0.0991. The van der Waals surface area contributed by atoms with Gasteiger partial charge in [-0.15, -0.1) is 0 Å². The van der Waals surface area contributed by atoms with Gasteiger partial charge in [0.15, 0.2) is 5.78 Å². The molecule has 0 spiro atoms. The van der Waals surface area contributed by atoms with Gasteiger partial charge < -0.3 is 0 Å². The Morgan fingerprint density at radius 3 is 2.38 bits per heavy atom. The normalized spacial score (nSPS) is 10.1. The van der Waals surface area contributed by atoms with E-state index in [9.17, 15) is 4.79 Å². The Labute approximate surface area is 107 Å². The van der Waals surface area contributed by atoms with Crippen LogP contribution in [0.4, 0.5) is 0 Å². The first kappa shape index (κ1) is 11.2. The van der Waals surface area contributed by atoms with Crippen molar-refractivity contribution in [3.63, 3.8) is 0 Å². The predicted octanol–water partition coefficient (Wildman–Crippen LogP) is 2.51. The molecule has 3 nitrogen and oxygen atoms in total. The van der Waals surface area contributed by atoms with Gasteiger partial charge in [-0.2, -0.15) is 0 Å². The molecule has 0 aliphatic heterocycles. The maximum absolute atomic E-state index is 11.8. The largest absolute Gasteiger partial charge is 0.294 e. The molecule has 4 heteroatoms. The first-order chi connectivity index (χ1) is 7.75. The van der Waals surface area contributed by atoms with Crippen LogP contribution in [-0.2, 0) is 6.42 Å². The van der Waals surface area contributed by atoms with E-state index in [1.807, 2.05) is 18.2 Å². The van der Waals surface area contributed by atoms with Crippen LogP contribution in [0.25, 0.3) is 0 Å². The molecule has 2 aromatic rings. The van der Waals surface area contributed by atoms with Crippen molar-refractivity contribution in [3.8, 4) is 0 Å². The first-order valence-corrected chi connectivity index (χ1v) is 5.88. The summed E-state index contributed by atoms with van der Waals surface area (Å²) in [5.74, 6) is 0.607. The summed E-state index contributed by atoms with van der Waals surface area (Å²) in [6.45, 7) is 0. The lowest BCUT2D eigenvalue weighted by atomic mass is 10.1. The number of halogens is 1. The summed E-state index contributed by atoms with van der Waals surface area (Å²) >= 11 is 2.13. The Balaban J connectivity index is 2.11. The first-order valence-electron chi connectivity index (χ1n) is 4.80. The Hall–Kier alpha value is -1.30. The highest BCUT2D eigenvalue weighted by Gasteiger charge is 2.07. The van der Waals surface area contributed by atoms with E-state index in [0.29, 0.717) is 11.4 Å². The maximum atomic E-state index is 11.8. The van der Waals surface area contributed by atoms with Crippen molar-refractivity contribution in [2.75, 3.05) is 0 Å². The van der Waals surface area contributed by atoms with E-state index >= 15 is 0 Å². The standard InChI is InChI=1S/C12H9IN2O/c13-10-7-14-12(15-8-10)6-11(16)9-4-2-1-3-5-9/h1-5,7-8H,6H2. The molecule has 2 rings (SSSR count). The average Bonchev–Trinajstić information content (AvgIpc) is 2.33. The molecule has 0 saturated heterocycles. The second kappa shape index (κ2) is 5.16. The molecule has 1 aromatic carbocycles. The van der Waals surface area contributed by atoms with Crippen molar-refractivity contribution < 1.29 is 4.79 Å². The van der Waals surface area contributed by atoms with Crippen LogP contribution in [0.5, 0.6) is 0 Å². The van der Waals surface area contributed by atoms with Gasteiger partial charge in [0.2, 0.25) is 0 Å². The number of rotatable bonds is 3. The van der Waals surface area contributed by atoms with Crippen LogP contribution in [0.1, 0.15) is 16.2 Å². The lowest BCUT2D eigenvalue weighted by Gasteiger charge is -1.99. The van der Waals surface area contributed by atoms with Gasteiger partial charge in [0.25, 0.3) is 0 Å². The summed E-state index contributed by atoms with van der Waals surface area (Å²) in [6, 6.07) is 9.19. The third kappa shape index (κ3) is 2.85. The lowest BCUT2D eigenvalue weighted by Crippen LogP contribution is -2.06. The van der Waals surface area contributed by atoms with E-state index < -0.39 is 0 Å². The number of hydrogen-bond donors (Lipinski definition) is 0. The van der Waals surface area contributed by atoms with Crippen LogP contribution in [0.2, 0.25) is 0 Å². The Bertz CT molecular complexity index is 482. The number of hydrogen-bond acceptors (Lipinski definition) is 3. The van der Waals surface area contributed by atoms with Crippen molar-refractivity contribution in [3.05, 3.63) is 57.7 Å². The van der Waals surface area contributed by atoms with Gasteiger partial charge in [-0.25, -0.2) is 9.97 Å². The maximum Gasteiger partial charge on any atom is 0.170 e. The van der Waals surface area contributed by atoms with Gasteiger partial charge in [-0.3, -0.25) is 4.79 Å². The van der Waals surface area contributed by atoms with E-state index in [2.05, 4.69) is 32.6 Å². The summed E-state index contributed by atoms with van der Waals surface area (Å²) in [5, 5.41) is 0. The fourth-order valence-corrected chi connectivity index (χ4v) is 1.58. The third-order valence-electron chi connectivity index (χ3n) is 2.09. The number of carbonyl (C=O) groups excluding carboxylic acids is 1. The van der Waals surface area contributed by atoms with Gasteiger partial charge in [0, 0.05) is 21.5 Å². The highest BCUT2D eigenvalue weighted by molar-refractivity contribution is 14.1. The van der Waals surface area contributed by atoms with Gasteiger partial charge in [0.05, 0.1) is 6.42 Å². The molecule has 16 heavy (non-hydrogen) atoms. The topological polar surface area (TPSA) is 42.9 Å². The Kier molecular flexibility index (Phi) is 3.61. The number of Topliss-reactive ketones (excluding diaryl/α,β-unsaturated/α-hetero) is 1. The zero-order valence-electron chi connectivity index (χ0n) is 8.43. The van der Waals surface area contributed by atoms with E-state index in [4.69, 9.17) is 0 Å². The molecule has 0 aliphatic carbocycles. The summed E-state index contributed by atoms with van der Waals surface area (Å²) in [4.78, 5) is 20.0. The van der Waals surface area contributed by atoms with Crippen LogP contribution < -0.4 is 0 Å². The number of nitrogens with zero attached hydrogens (tertiary/aromatic N) is 2. The fraction of sp³-hybridized carbons (Fsp3) is 0.0833. The SMILES string of the molecule is O=C(Cc1ncc(I)cn1)c1ccccc1. The minimum absolute atomic E-state index is 0.0433. The molecule has 0 aliphatic rings. The fourth-order valence-electron chi connectivity index (χ4n) is 1.30.